The van der Waals surface area contributed by atoms with E-state index in [1.165, 1.54) is 0 Å². The van der Waals surface area contributed by atoms with Crippen molar-refractivity contribution in [2.75, 3.05) is 6.61 Å². The molecule has 0 spiro atoms. The minimum atomic E-state index is 0.0431. The van der Waals surface area contributed by atoms with Gasteiger partial charge in [-0.15, -0.1) is 0 Å². The summed E-state index contributed by atoms with van der Waals surface area (Å²) in [4.78, 5) is 11.5. The quantitative estimate of drug-likeness (QED) is 0.796. The number of benzene rings is 1. The Balaban J connectivity index is 1.92. The Morgan fingerprint density at radius 2 is 2.05 bits per heavy atom. The van der Waals surface area contributed by atoms with E-state index < -0.39 is 0 Å². The Morgan fingerprint density at radius 1 is 1.30 bits per heavy atom. The summed E-state index contributed by atoms with van der Waals surface area (Å²) >= 11 is 1.96. The van der Waals surface area contributed by atoms with Crippen molar-refractivity contribution in [3.05, 3.63) is 23.8 Å². The number of carbonyl (C=O) groups is 1. The lowest BCUT2D eigenvalue weighted by atomic mass is 10.1. The van der Waals surface area contributed by atoms with E-state index in [4.69, 9.17) is 9.47 Å². The van der Waals surface area contributed by atoms with Crippen LogP contribution in [0.3, 0.4) is 0 Å². The van der Waals surface area contributed by atoms with E-state index in [1.54, 1.807) is 6.07 Å². The highest BCUT2D eigenvalue weighted by molar-refractivity contribution is 8.00. The van der Waals surface area contributed by atoms with Crippen LogP contribution in [-0.4, -0.2) is 29.0 Å². The van der Waals surface area contributed by atoms with Crippen molar-refractivity contribution in [2.45, 2.75) is 50.7 Å². The van der Waals surface area contributed by atoms with Crippen LogP contribution in [0.5, 0.6) is 11.5 Å². The van der Waals surface area contributed by atoms with Gasteiger partial charge in [0.1, 0.15) is 11.5 Å². The first kappa shape index (κ1) is 15.2. The fourth-order valence-corrected chi connectivity index (χ4v) is 3.73. The number of Topliss-reactive ketones (excluding diaryl/α,β-unsaturated/α-hetero) is 1. The van der Waals surface area contributed by atoms with Crippen LogP contribution in [0.1, 0.15) is 44.5 Å². The molecule has 1 aromatic carbocycles. The molecule has 110 valence electrons. The molecule has 0 fully saturated rings. The monoisotopic (exact) mass is 294 g/mol. The van der Waals surface area contributed by atoms with E-state index in [0.29, 0.717) is 21.8 Å². The molecule has 20 heavy (non-hydrogen) atoms. The summed E-state index contributed by atoms with van der Waals surface area (Å²) < 4.78 is 11.3. The molecule has 0 saturated carbocycles. The highest BCUT2D eigenvalue weighted by Crippen LogP contribution is 2.30. The summed E-state index contributed by atoms with van der Waals surface area (Å²) in [6, 6.07) is 5.46. The molecular formula is C16H22O3S. The average molecular weight is 294 g/mol. The molecule has 1 aliphatic heterocycles. The summed E-state index contributed by atoms with van der Waals surface area (Å²) in [5.74, 6) is 1.46. The van der Waals surface area contributed by atoms with E-state index in [9.17, 15) is 4.79 Å². The van der Waals surface area contributed by atoms with Gasteiger partial charge in [0.15, 0.2) is 6.61 Å². The number of fused-ring (bicyclic) bond motifs is 1. The number of hydrogen-bond donors (Lipinski definition) is 0. The average Bonchev–Trinajstić information content (AvgIpc) is 2.69. The zero-order chi connectivity index (χ0) is 14.7. The molecule has 0 N–H and O–H groups in total. The van der Waals surface area contributed by atoms with Gasteiger partial charge < -0.3 is 9.47 Å². The molecule has 0 aliphatic carbocycles. The van der Waals surface area contributed by atoms with Crippen molar-refractivity contribution >= 4 is 17.5 Å². The van der Waals surface area contributed by atoms with Crippen LogP contribution in [0.25, 0.3) is 0 Å². The van der Waals surface area contributed by atoms with E-state index in [1.807, 2.05) is 23.9 Å². The third-order valence-electron chi connectivity index (χ3n) is 3.12. The van der Waals surface area contributed by atoms with Gasteiger partial charge in [0.2, 0.25) is 5.78 Å². The number of carbonyl (C=O) groups excluding carboxylic acids is 1. The van der Waals surface area contributed by atoms with Crippen molar-refractivity contribution < 1.29 is 14.3 Å². The van der Waals surface area contributed by atoms with Gasteiger partial charge in [-0.3, -0.25) is 4.79 Å². The molecule has 0 bridgehead atoms. The molecular weight excluding hydrogens is 272 g/mol. The molecule has 0 saturated heterocycles. The normalized spacial score (nSPS) is 16.8. The van der Waals surface area contributed by atoms with Gasteiger partial charge in [-0.05, 0) is 30.7 Å². The van der Waals surface area contributed by atoms with Gasteiger partial charge in [0.25, 0.3) is 0 Å². The molecule has 0 amide bonds. The van der Waals surface area contributed by atoms with E-state index in [2.05, 4.69) is 27.7 Å². The third-order valence-corrected chi connectivity index (χ3v) is 4.32. The summed E-state index contributed by atoms with van der Waals surface area (Å²) in [6.07, 6.45) is 1.14. The summed E-state index contributed by atoms with van der Waals surface area (Å²) in [6.45, 7) is 8.88. The highest BCUT2D eigenvalue weighted by Gasteiger charge is 2.22. The number of ketones is 1. The molecule has 1 aromatic rings. The minimum absolute atomic E-state index is 0.0431. The van der Waals surface area contributed by atoms with Gasteiger partial charge in [0, 0.05) is 11.3 Å². The Kier molecular flexibility index (Phi) is 4.97. The zero-order valence-corrected chi connectivity index (χ0v) is 13.3. The number of rotatable bonds is 6. The van der Waals surface area contributed by atoms with Crippen LogP contribution in [0, 0.1) is 0 Å². The second kappa shape index (κ2) is 6.53. The number of thioether (sulfide) groups is 1. The van der Waals surface area contributed by atoms with Crippen molar-refractivity contribution in [1.29, 1.82) is 0 Å². The number of ether oxygens (including phenoxy) is 2. The molecule has 3 nitrogen and oxygen atoms in total. The summed E-state index contributed by atoms with van der Waals surface area (Å²) in [5, 5.41) is 1.20. The van der Waals surface area contributed by atoms with Gasteiger partial charge in [-0.2, -0.15) is 11.8 Å². The van der Waals surface area contributed by atoms with Gasteiger partial charge in [-0.1, -0.05) is 20.8 Å². The molecule has 1 heterocycles. The lowest BCUT2D eigenvalue weighted by Gasteiger charge is -2.20. The van der Waals surface area contributed by atoms with Gasteiger partial charge >= 0.3 is 0 Å². The van der Waals surface area contributed by atoms with Crippen molar-refractivity contribution in [1.82, 2.24) is 0 Å². The molecule has 0 aromatic heterocycles. The van der Waals surface area contributed by atoms with Crippen LogP contribution in [-0.2, 0) is 0 Å². The first-order valence-corrected chi connectivity index (χ1v) is 8.02. The molecule has 2 rings (SSSR count). The highest BCUT2D eigenvalue weighted by atomic mass is 32.2. The van der Waals surface area contributed by atoms with Crippen molar-refractivity contribution in [2.24, 2.45) is 0 Å². The van der Waals surface area contributed by atoms with Crippen LogP contribution in [0.15, 0.2) is 18.2 Å². The number of hydrogen-bond acceptors (Lipinski definition) is 4. The Morgan fingerprint density at radius 3 is 2.75 bits per heavy atom. The Bertz CT molecular complexity index is 485. The molecule has 2 unspecified atom stereocenters. The molecule has 1 aliphatic rings. The van der Waals surface area contributed by atoms with E-state index in [0.717, 1.165) is 12.2 Å². The van der Waals surface area contributed by atoms with E-state index >= 15 is 0 Å². The molecule has 0 radical (unpaired) electrons. The lowest BCUT2D eigenvalue weighted by Crippen LogP contribution is -2.18. The smallest absolute Gasteiger partial charge is 0.203 e. The van der Waals surface area contributed by atoms with Crippen LogP contribution in [0.4, 0.5) is 0 Å². The maximum atomic E-state index is 11.5. The van der Waals surface area contributed by atoms with Gasteiger partial charge in [-0.25, -0.2) is 0 Å². The molecule has 2 atom stereocenters. The van der Waals surface area contributed by atoms with E-state index in [-0.39, 0.29) is 18.5 Å². The first-order valence-electron chi connectivity index (χ1n) is 7.08. The van der Waals surface area contributed by atoms with Crippen molar-refractivity contribution in [3.8, 4) is 11.5 Å². The fraction of sp³-hybridized carbons (Fsp3) is 0.562. The summed E-state index contributed by atoms with van der Waals surface area (Å²) in [7, 11) is 0. The van der Waals surface area contributed by atoms with Gasteiger partial charge in [0.05, 0.1) is 11.7 Å². The lowest BCUT2D eigenvalue weighted by molar-refractivity contribution is 0.0961. The second-order valence-electron chi connectivity index (χ2n) is 5.53. The fourth-order valence-electron chi connectivity index (χ4n) is 2.41. The van der Waals surface area contributed by atoms with Crippen LogP contribution in [0.2, 0.25) is 0 Å². The second-order valence-corrected chi connectivity index (χ2v) is 7.55. The Labute approximate surface area is 125 Å². The van der Waals surface area contributed by atoms with Crippen molar-refractivity contribution in [3.63, 3.8) is 0 Å². The Hall–Kier alpha value is -1.16. The maximum absolute atomic E-state index is 11.5. The minimum Gasteiger partial charge on any atom is -0.491 e. The topological polar surface area (TPSA) is 35.5 Å². The van der Waals surface area contributed by atoms with Crippen LogP contribution >= 0.6 is 11.8 Å². The largest absolute Gasteiger partial charge is 0.491 e. The molecule has 4 heteroatoms. The zero-order valence-electron chi connectivity index (χ0n) is 12.5. The summed E-state index contributed by atoms with van der Waals surface area (Å²) in [5.41, 5.74) is 0.661. The maximum Gasteiger partial charge on any atom is 0.203 e. The first-order chi connectivity index (χ1) is 9.45. The SMILES string of the molecule is CC(CC(C)SC(C)C)Oc1ccc2c(c1)OCC2=O. The van der Waals surface area contributed by atoms with Crippen LogP contribution < -0.4 is 9.47 Å². The predicted octanol–water partition coefficient (Wildman–Crippen LogP) is 3.95. The standard InChI is InChI=1S/C16H22O3S/c1-10(2)20-12(4)7-11(3)19-13-5-6-14-15(17)9-18-16(14)8-13/h5-6,8,10-12H,7,9H2,1-4H3. The predicted molar refractivity (Wildman–Crippen MR) is 83.2 cm³/mol. The third kappa shape index (κ3) is 3.92.